The van der Waals surface area contributed by atoms with Crippen molar-refractivity contribution in [2.75, 3.05) is 24.5 Å². The molecule has 1 aliphatic carbocycles. The van der Waals surface area contributed by atoms with Crippen molar-refractivity contribution in [3.05, 3.63) is 18.6 Å². The Bertz CT molecular complexity index is 329. The first-order valence-electron chi connectivity index (χ1n) is 6.18. The molecule has 3 aliphatic rings. The first kappa shape index (κ1) is 10.0. The van der Waals surface area contributed by atoms with E-state index in [0.29, 0.717) is 0 Å². The maximum atomic E-state index is 4.19. The predicted molar refractivity (Wildman–Crippen MR) is 63.4 cm³/mol. The molecular formula is C12H18N4. The van der Waals surface area contributed by atoms with Crippen LogP contribution in [0.2, 0.25) is 0 Å². The molecule has 2 atom stereocenters. The summed E-state index contributed by atoms with van der Waals surface area (Å²) in [5.41, 5.74) is 0. The quantitative estimate of drug-likeness (QED) is 0.765. The smallest absolute Gasteiger partial charge is 0.132 e. The van der Waals surface area contributed by atoms with Gasteiger partial charge in [-0.15, -0.1) is 0 Å². The van der Waals surface area contributed by atoms with Gasteiger partial charge in [0.2, 0.25) is 0 Å². The van der Waals surface area contributed by atoms with Crippen LogP contribution < -0.4 is 10.2 Å². The van der Waals surface area contributed by atoms with Crippen molar-refractivity contribution in [1.29, 1.82) is 0 Å². The van der Waals surface area contributed by atoms with Gasteiger partial charge in [-0.25, -0.2) is 9.97 Å². The van der Waals surface area contributed by atoms with Crippen LogP contribution in [0.3, 0.4) is 0 Å². The Balaban J connectivity index is 0.000000137. The summed E-state index contributed by atoms with van der Waals surface area (Å²) >= 11 is 0. The van der Waals surface area contributed by atoms with Gasteiger partial charge >= 0.3 is 0 Å². The SMILES string of the molecule is C1CCNC1.c1cc(N2CC3CC32)ncn1. The fourth-order valence-electron chi connectivity index (χ4n) is 2.40. The van der Waals surface area contributed by atoms with Crippen LogP contribution in [0.25, 0.3) is 0 Å². The molecule has 0 radical (unpaired) electrons. The highest BCUT2D eigenvalue weighted by atomic mass is 15.3. The van der Waals surface area contributed by atoms with Crippen LogP contribution in [0.5, 0.6) is 0 Å². The van der Waals surface area contributed by atoms with E-state index in [1.165, 1.54) is 38.9 Å². The molecule has 2 unspecified atom stereocenters. The van der Waals surface area contributed by atoms with Crippen LogP contribution in [0.1, 0.15) is 19.3 Å². The average molecular weight is 218 g/mol. The lowest BCUT2D eigenvalue weighted by molar-refractivity contribution is 0.585. The molecule has 0 bridgehead atoms. The predicted octanol–water partition coefficient (Wildman–Crippen LogP) is 1.05. The van der Waals surface area contributed by atoms with Crippen molar-refractivity contribution in [2.45, 2.75) is 25.3 Å². The van der Waals surface area contributed by atoms with Gasteiger partial charge < -0.3 is 10.2 Å². The lowest BCUT2D eigenvalue weighted by atomic mass is 10.2. The molecule has 0 aromatic carbocycles. The maximum Gasteiger partial charge on any atom is 0.132 e. The number of nitrogens with one attached hydrogen (secondary N) is 1. The van der Waals surface area contributed by atoms with Gasteiger partial charge in [0.1, 0.15) is 12.1 Å². The Morgan fingerprint density at radius 3 is 2.62 bits per heavy atom. The lowest BCUT2D eigenvalue weighted by Gasteiger charge is -2.31. The fraction of sp³-hybridized carbons (Fsp3) is 0.667. The minimum atomic E-state index is 0.824. The zero-order chi connectivity index (χ0) is 10.8. The zero-order valence-corrected chi connectivity index (χ0v) is 9.47. The van der Waals surface area contributed by atoms with Gasteiger partial charge in [-0.05, 0) is 44.3 Å². The molecule has 1 saturated carbocycles. The molecule has 4 rings (SSSR count). The van der Waals surface area contributed by atoms with Crippen molar-refractivity contribution in [1.82, 2.24) is 15.3 Å². The molecule has 3 heterocycles. The van der Waals surface area contributed by atoms with Crippen molar-refractivity contribution in [3.63, 3.8) is 0 Å². The van der Waals surface area contributed by atoms with Crippen LogP contribution in [-0.2, 0) is 0 Å². The van der Waals surface area contributed by atoms with E-state index in [2.05, 4.69) is 20.2 Å². The molecule has 16 heavy (non-hydrogen) atoms. The van der Waals surface area contributed by atoms with E-state index in [4.69, 9.17) is 0 Å². The van der Waals surface area contributed by atoms with Gasteiger partial charge in [-0.1, -0.05) is 0 Å². The molecule has 1 aromatic rings. The highest BCUT2D eigenvalue weighted by Crippen LogP contribution is 2.47. The third-order valence-corrected chi connectivity index (χ3v) is 3.53. The lowest BCUT2D eigenvalue weighted by Crippen LogP contribution is -2.39. The summed E-state index contributed by atoms with van der Waals surface area (Å²) in [5.74, 6) is 2.09. The average Bonchev–Trinajstić information content (AvgIpc) is 2.76. The molecule has 0 amide bonds. The Kier molecular flexibility index (Phi) is 2.74. The zero-order valence-electron chi connectivity index (χ0n) is 9.47. The summed E-state index contributed by atoms with van der Waals surface area (Å²) in [5, 5.41) is 3.22. The summed E-state index contributed by atoms with van der Waals surface area (Å²) in [6.45, 7) is 3.71. The number of aromatic nitrogens is 2. The molecule has 2 aliphatic heterocycles. The van der Waals surface area contributed by atoms with Gasteiger partial charge in [0.15, 0.2) is 0 Å². The number of rotatable bonds is 1. The fourth-order valence-corrected chi connectivity index (χ4v) is 2.40. The molecular weight excluding hydrogens is 200 g/mol. The third-order valence-electron chi connectivity index (χ3n) is 3.53. The van der Waals surface area contributed by atoms with Crippen LogP contribution >= 0.6 is 0 Å². The van der Waals surface area contributed by atoms with Gasteiger partial charge in [-0.3, -0.25) is 0 Å². The number of anilines is 1. The van der Waals surface area contributed by atoms with E-state index in [1.54, 1.807) is 12.5 Å². The summed E-state index contributed by atoms with van der Waals surface area (Å²) in [6, 6.07) is 2.80. The van der Waals surface area contributed by atoms with Crippen LogP contribution in [0.4, 0.5) is 5.82 Å². The van der Waals surface area contributed by atoms with E-state index < -0.39 is 0 Å². The van der Waals surface area contributed by atoms with Gasteiger partial charge in [0.05, 0.1) is 0 Å². The maximum absolute atomic E-state index is 4.19. The van der Waals surface area contributed by atoms with Crippen molar-refractivity contribution in [3.8, 4) is 0 Å². The second kappa shape index (κ2) is 4.37. The number of hydrogen-bond donors (Lipinski definition) is 1. The second-order valence-electron chi connectivity index (χ2n) is 4.74. The number of fused-ring (bicyclic) bond motifs is 1. The molecule has 4 heteroatoms. The van der Waals surface area contributed by atoms with Gasteiger partial charge in [0.25, 0.3) is 0 Å². The molecule has 0 spiro atoms. The molecule has 2 saturated heterocycles. The highest BCUT2D eigenvalue weighted by Gasteiger charge is 2.52. The molecule has 4 nitrogen and oxygen atoms in total. The topological polar surface area (TPSA) is 41.0 Å². The summed E-state index contributed by atoms with van der Waals surface area (Å²) in [7, 11) is 0. The van der Waals surface area contributed by atoms with Gasteiger partial charge in [0, 0.05) is 18.8 Å². The monoisotopic (exact) mass is 218 g/mol. The minimum absolute atomic E-state index is 0.824. The minimum Gasteiger partial charge on any atom is -0.353 e. The summed E-state index contributed by atoms with van der Waals surface area (Å²) < 4.78 is 0. The van der Waals surface area contributed by atoms with Crippen LogP contribution in [0.15, 0.2) is 18.6 Å². The Morgan fingerprint density at radius 2 is 2.19 bits per heavy atom. The normalized spacial score (nSPS) is 29.9. The Hall–Kier alpha value is -1.16. The van der Waals surface area contributed by atoms with Crippen molar-refractivity contribution in [2.24, 2.45) is 5.92 Å². The summed E-state index contributed by atoms with van der Waals surface area (Å²) in [6.07, 6.45) is 7.58. The third kappa shape index (κ3) is 2.02. The molecule has 1 N–H and O–H groups in total. The van der Waals surface area contributed by atoms with Crippen molar-refractivity contribution < 1.29 is 0 Å². The van der Waals surface area contributed by atoms with Crippen LogP contribution in [0, 0.1) is 5.92 Å². The first-order chi connectivity index (χ1) is 7.95. The Morgan fingerprint density at radius 1 is 1.31 bits per heavy atom. The van der Waals surface area contributed by atoms with E-state index in [9.17, 15) is 0 Å². The second-order valence-corrected chi connectivity index (χ2v) is 4.74. The van der Waals surface area contributed by atoms with E-state index >= 15 is 0 Å². The van der Waals surface area contributed by atoms with Gasteiger partial charge in [-0.2, -0.15) is 0 Å². The molecule has 1 aromatic heterocycles. The first-order valence-corrected chi connectivity index (χ1v) is 6.18. The number of nitrogens with zero attached hydrogens (tertiary/aromatic N) is 3. The van der Waals surface area contributed by atoms with E-state index in [-0.39, 0.29) is 0 Å². The highest BCUT2D eigenvalue weighted by molar-refractivity contribution is 5.46. The van der Waals surface area contributed by atoms with Crippen LogP contribution in [-0.4, -0.2) is 35.6 Å². The van der Waals surface area contributed by atoms with E-state index in [1.807, 2.05) is 6.07 Å². The molecule has 3 fully saturated rings. The summed E-state index contributed by atoms with van der Waals surface area (Å²) in [4.78, 5) is 10.4. The standard InChI is InChI=1S/C8H9N3.C4H9N/c1-2-9-5-10-8(1)11-4-6-3-7(6)11;1-2-4-5-3-1/h1-2,5-7H,3-4H2;5H,1-4H2. The largest absolute Gasteiger partial charge is 0.353 e. The van der Waals surface area contributed by atoms with E-state index in [0.717, 1.165) is 17.8 Å². The molecule has 86 valence electrons. The number of hydrogen-bond acceptors (Lipinski definition) is 4. The van der Waals surface area contributed by atoms with Crippen molar-refractivity contribution >= 4 is 5.82 Å². The Labute approximate surface area is 96.1 Å².